The maximum Gasteiger partial charge on any atom is 0.312 e. The molecule has 2 aromatic rings. The summed E-state index contributed by atoms with van der Waals surface area (Å²) in [5.41, 5.74) is 4.15. The zero-order valence-corrected chi connectivity index (χ0v) is 11.8. The van der Waals surface area contributed by atoms with E-state index in [2.05, 4.69) is 10.2 Å². The van der Waals surface area contributed by atoms with Gasteiger partial charge in [0.25, 0.3) is 0 Å². The van der Waals surface area contributed by atoms with Crippen molar-refractivity contribution in [1.82, 2.24) is 19.6 Å². The average molecular weight is 263 g/mol. The van der Waals surface area contributed by atoms with E-state index in [4.69, 9.17) is 0 Å². The maximum absolute atomic E-state index is 11.0. The molecule has 0 aliphatic carbocycles. The quantitative estimate of drug-likeness (QED) is 0.625. The summed E-state index contributed by atoms with van der Waals surface area (Å²) >= 11 is 0. The van der Waals surface area contributed by atoms with Crippen molar-refractivity contribution in [3.63, 3.8) is 0 Å². The van der Waals surface area contributed by atoms with Gasteiger partial charge in [-0.3, -0.25) is 19.5 Å². The normalized spacial score (nSPS) is 11.0. The summed E-state index contributed by atoms with van der Waals surface area (Å²) in [4.78, 5) is 10.6. The molecule has 0 bridgehead atoms. The van der Waals surface area contributed by atoms with E-state index in [9.17, 15) is 10.1 Å². The molecule has 19 heavy (non-hydrogen) atoms. The largest absolute Gasteiger partial charge is 0.312 e. The third-order valence-corrected chi connectivity index (χ3v) is 3.49. The topological polar surface area (TPSA) is 78.8 Å². The summed E-state index contributed by atoms with van der Waals surface area (Å²) in [5.74, 6) is 0. The Balaban J connectivity index is 2.45. The van der Waals surface area contributed by atoms with E-state index in [0.29, 0.717) is 17.9 Å². The van der Waals surface area contributed by atoms with E-state index in [1.54, 1.807) is 18.5 Å². The van der Waals surface area contributed by atoms with Crippen LogP contribution in [0.2, 0.25) is 0 Å². The van der Waals surface area contributed by atoms with Gasteiger partial charge in [-0.25, -0.2) is 0 Å². The fourth-order valence-corrected chi connectivity index (χ4v) is 2.30. The first-order valence-corrected chi connectivity index (χ1v) is 6.00. The highest BCUT2D eigenvalue weighted by Gasteiger charge is 2.22. The van der Waals surface area contributed by atoms with Crippen LogP contribution in [-0.2, 0) is 13.6 Å². The van der Waals surface area contributed by atoms with Gasteiger partial charge in [0.1, 0.15) is 11.4 Å². The second kappa shape index (κ2) is 4.49. The highest BCUT2D eigenvalue weighted by Crippen LogP contribution is 2.23. The molecule has 0 saturated carbocycles. The Hall–Kier alpha value is -2.18. The number of nitro groups is 1. The van der Waals surface area contributed by atoms with Crippen molar-refractivity contribution in [2.24, 2.45) is 7.05 Å². The van der Waals surface area contributed by atoms with Crippen LogP contribution in [0.15, 0.2) is 0 Å². The predicted molar refractivity (Wildman–Crippen MR) is 70.1 cm³/mol. The van der Waals surface area contributed by atoms with E-state index >= 15 is 0 Å². The molecule has 0 aliphatic heterocycles. The molecule has 0 atom stereocenters. The molecule has 2 aromatic heterocycles. The van der Waals surface area contributed by atoms with E-state index < -0.39 is 0 Å². The molecule has 2 rings (SSSR count). The van der Waals surface area contributed by atoms with Crippen molar-refractivity contribution in [2.75, 3.05) is 0 Å². The molecule has 0 aromatic carbocycles. The Labute approximate surface area is 111 Å². The monoisotopic (exact) mass is 263 g/mol. The average Bonchev–Trinajstić information content (AvgIpc) is 2.71. The maximum atomic E-state index is 11.0. The summed E-state index contributed by atoms with van der Waals surface area (Å²) in [6, 6.07) is 0. The van der Waals surface area contributed by atoms with Crippen LogP contribution in [0.3, 0.4) is 0 Å². The lowest BCUT2D eigenvalue weighted by molar-refractivity contribution is -0.386. The lowest BCUT2D eigenvalue weighted by atomic mass is 10.2. The van der Waals surface area contributed by atoms with Crippen LogP contribution in [-0.4, -0.2) is 24.5 Å². The SMILES string of the molecule is Cc1nn(C)c(C)c1Cn1nc(C)c([N+](=O)[O-])c1C. The van der Waals surface area contributed by atoms with Crippen LogP contribution in [0.4, 0.5) is 5.69 Å². The van der Waals surface area contributed by atoms with Gasteiger partial charge < -0.3 is 0 Å². The first kappa shape index (κ1) is 13.3. The summed E-state index contributed by atoms with van der Waals surface area (Å²) in [6.07, 6.45) is 0. The second-order valence-electron chi connectivity index (χ2n) is 4.71. The van der Waals surface area contributed by atoms with E-state index in [1.807, 2.05) is 25.6 Å². The fourth-order valence-electron chi connectivity index (χ4n) is 2.30. The number of aromatic nitrogens is 4. The minimum absolute atomic E-state index is 0.0965. The van der Waals surface area contributed by atoms with Crippen molar-refractivity contribution in [3.05, 3.63) is 38.5 Å². The van der Waals surface area contributed by atoms with E-state index in [-0.39, 0.29) is 10.6 Å². The number of nitrogens with zero attached hydrogens (tertiary/aromatic N) is 5. The minimum atomic E-state index is -0.378. The van der Waals surface area contributed by atoms with Crippen molar-refractivity contribution in [3.8, 4) is 0 Å². The molecular weight excluding hydrogens is 246 g/mol. The third kappa shape index (κ3) is 2.11. The van der Waals surface area contributed by atoms with Gasteiger partial charge in [0.2, 0.25) is 0 Å². The van der Waals surface area contributed by atoms with Gasteiger partial charge in [0.05, 0.1) is 17.2 Å². The first-order valence-electron chi connectivity index (χ1n) is 6.00. The lowest BCUT2D eigenvalue weighted by Crippen LogP contribution is -2.06. The summed E-state index contributed by atoms with van der Waals surface area (Å²) in [7, 11) is 1.88. The van der Waals surface area contributed by atoms with Crippen LogP contribution in [0, 0.1) is 37.8 Å². The molecule has 0 unspecified atom stereocenters. The summed E-state index contributed by atoms with van der Waals surface area (Å²) in [6.45, 7) is 7.80. The van der Waals surface area contributed by atoms with Crippen LogP contribution < -0.4 is 0 Å². The van der Waals surface area contributed by atoms with E-state index in [0.717, 1.165) is 17.0 Å². The van der Waals surface area contributed by atoms with Crippen molar-refractivity contribution in [2.45, 2.75) is 34.2 Å². The first-order chi connectivity index (χ1) is 8.82. The number of aryl methyl sites for hydroxylation is 3. The predicted octanol–water partition coefficient (Wildman–Crippen LogP) is 1.81. The highest BCUT2D eigenvalue weighted by atomic mass is 16.6. The zero-order chi connectivity index (χ0) is 14.3. The van der Waals surface area contributed by atoms with Gasteiger partial charge in [0.15, 0.2) is 0 Å². The zero-order valence-electron chi connectivity index (χ0n) is 11.8. The summed E-state index contributed by atoms with van der Waals surface area (Å²) < 4.78 is 3.48. The van der Waals surface area contributed by atoms with Crippen molar-refractivity contribution >= 4 is 5.69 Å². The Kier molecular flexibility index (Phi) is 3.13. The van der Waals surface area contributed by atoms with Crippen LogP contribution >= 0.6 is 0 Å². The molecule has 7 heteroatoms. The molecular formula is C12H17N5O2. The standard InChI is InChI=1S/C12H17N5O2/c1-7-11(9(3)15(5)13-7)6-16-10(4)12(17(18)19)8(2)14-16/h6H2,1-5H3. The van der Waals surface area contributed by atoms with Gasteiger partial charge in [-0.05, 0) is 27.7 Å². The van der Waals surface area contributed by atoms with Gasteiger partial charge in [-0.1, -0.05) is 0 Å². The van der Waals surface area contributed by atoms with Gasteiger partial charge in [-0.2, -0.15) is 10.2 Å². The Morgan fingerprint density at radius 2 is 1.74 bits per heavy atom. The van der Waals surface area contributed by atoms with Gasteiger partial charge in [-0.15, -0.1) is 0 Å². The van der Waals surface area contributed by atoms with E-state index in [1.165, 1.54) is 0 Å². The van der Waals surface area contributed by atoms with Crippen LogP contribution in [0.5, 0.6) is 0 Å². The number of hydrogen-bond donors (Lipinski definition) is 0. The fraction of sp³-hybridized carbons (Fsp3) is 0.500. The van der Waals surface area contributed by atoms with Crippen LogP contribution in [0.1, 0.15) is 28.3 Å². The molecule has 0 spiro atoms. The molecule has 0 N–H and O–H groups in total. The molecule has 0 fully saturated rings. The Morgan fingerprint density at radius 1 is 1.11 bits per heavy atom. The molecule has 0 amide bonds. The second-order valence-corrected chi connectivity index (χ2v) is 4.71. The molecule has 0 saturated heterocycles. The molecule has 0 radical (unpaired) electrons. The molecule has 0 aliphatic rings. The van der Waals surface area contributed by atoms with Gasteiger partial charge >= 0.3 is 5.69 Å². The van der Waals surface area contributed by atoms with Crippen LogP contribution in [0.25, 0.3) is 0 Å². The molecule has 2 heterocycles. The number of rotatable bonds is 3. The Morgan fingerprint density at radius 3 is 2.16 bits per heavy atom. The smallest absolute Gasteiger partial charge is 0.272 e. The van der Waals surface area contributed by atoms with Crippen molar-refractivity contribution in [1.29, 1.82) is 0 Å². The Bertz CT molecular complexity index is 654. The van der Waals surface area contributed by atoms with Crippen molar-refractivity contribution < 1.29 is 4.92 Å². The third-order valence-electron chi connectivity index (χ3n) is 3.49. The van der Waals surface area contributed by atoms with Gasteiger partial charge in [0, 0.05) is 18.3 Å². The lowest BCUT2D eigenvalue weighted by Gasteiger charge is -2.04. The summed E-state index contributed by atoms with van der Waals surface area (Å²) in [5, 5.41) is 19.6. The molecule has 102 valence electrons. The minimum Gasteiger partial charge on any atom is -0.272 e. The number of hydrogen-bond acceptors (Lipinski definition) is 4. The highest BCUT2D eigenvalue weighted by molar-refractivity contribution is 5.40. The molecule has 7 nitrogen and oxygen atoms in total.